The summed E-state index contributed by atoms with van der Waals surface area (Å²) in [6, 6.07) is 14.1. The minimum atomic E-state index is -0.556. The molecule has 0 bridgehead atoms. The Morgan fingerprint density at radius 1 is 1.17 bits per heavy atom. The number of methoxy groups -OCH3 is 1. The van der Waals surface area contributed by atoms with E-state index in [1.165, 1.54) is 19.3 Å². The fourth-order valence-corrected chi connectivity index (χ4v) is 2.53. The molecule has 0 radical (unpaired) electrons. The summed E-state index contributed by atoms with van der Waals surface area (Å²) in [5.74, 6) is -0.171. The van der Waals surface area contributed by atoms with Gasteiger partial charge in [0.1, 0.15) is 11.3 Å². The molecular formula is C19H13ClO4. The molecule has 0 saturated carbocycles. The van der Waals surface area contributed by atoms with Crippen LogP contribution in [-0.2, 0) is 9.53 Å². The highest BCUT2D eigenvalue weighted by Crippen LogP contribution is 2.27. The second-order valence-electron chi connectivity index (χ2n) is 5.04. The van der Waals surface area contributed by atoms with E-state index in [0.717, 1.165) is 5.56 Å². The second-order valence-corrected chi connectivity index (χ2v) is 5.47. The van der Waals surface area contributed by atoms with E-state index in [1.807, 2.05) is 30.3 Å². The second kappa shape index (κ2) is 6.72. The number of ether oxygens (including phenoxy) is 1. The third-order valence-corrected chi connectivity index (χ3v) is 3.75. The maximum Gasteiger partial charge on any atom is 0.330 e. The highest BCUT2D eigenvalue weighted by molar-refractivity contribution is 6.31. The molecule has 1 heterocycles. The molecule has 120 valence electrons. The maximum atomic E-state index is 12.9. The average molecular weight is 341 g/mol. The zero-order valence-electron chi connectivity index (χ0n) is 12.8. The van der Waals surface area contributed by atoms with Crippen molar-refractivity contribution in [2.75, 3.05) is 7.11 Å². The topological polar surface area (TPSA) is 56.5 Å². The average Bonchev–Trinajstić information content (AvgIpc) is 2.61. The maximum absolute atomic E-state index is 12.9. The summed E-state index contributed by atoms with van der Waals surface area (Å²) < 4.78 is 10.5. The first-order valence-electron chi connectivity index (χ1n) is 7.18. The lowest BCUT2D eigenvalue weighted by molar-refractivity contribution is -0.134. The van der Waals surface area contributed by atoms with Gasteiger partial charge in [-0.2, -0.15) is 0 Å². The number of rotatable bonds is 3. The van der Waals surface area contributed by atoms with E-state index in [4.69, 9.17) is 16.0 Å². The van der Waals surface area contributed by atoms with Gasteiger partial charge in [0, 0.05) is 16.7 Å². The number of carbonyl (C=O) groups excluding carboxylic acids is 1. The van der Waals surface area contributed by atoms with Crippen LogP contribution in [0.4, 0.5) is 0 Å². The zero-order valence-corrected chi connectivity index (χ0v) is 13.5. The van der Waals surface area contributed by atoms with Crippen molar-refractivity contribution in [3.63, 3.8) is 0 Å². The lowest BCUT2D eigenvalue weighted by Gasteiger charge is -2.08. The standard InChI is InChI=1S/C19H13ClO4/c1-23-17(21)10-8-14-18(22)15-11-13(20)7-9-16(15)24-19(14)12-5-3-2-4-6-12/h2-11H,1H3/b10-8+. The van der Waals surface area contributed by atoms with Crippen LogP contribution in [0, 0.1) is 0 Å². The first kappa shape index (κ1) is 16.0. The van der Waals surface area contributed by atoms with Gasteiger partial charge in [0.15, 0.2) is 0 Å². The molecule has 0 atom stereocenters. The van der Waals surface area contributed by atoms with E-state index >= 15 is 0 Å². The molecule has 0 saturated heterocycles. The lowest BCUT2D eigenvalue weighted by atomic mass is 10.0. The van der Waals surface area contributed by atoms with E-state index in [1.54, 1.807) is 18.2 Å². The molecule has 3 rings (SSSR count). The molecule has 0 aliphatic carbocycles. The van der Waals surface area contributed by atoms with Gasteiger partial charge in [-0.15, -0.1) is 0 Å². The van der Waals surface area contributed by atoms with Gasteiger partial charge in [-0.05, 0) is 24.3 Å². The van der Waals surface area contributed by atoms with Crippen molar-refractivity contribution in [3.05, 3.63) is 75.4 Å². The monoisotopic (exact) mass is 340 g/mol. The smallest absolute Gasteiger partial charge is 0.330 e. The molecule has 3 aromatic rings. The van der Waals surface area contributed by atoms with Crippen LogP contribution < -0.4 is 5.43 Å². The lowest BCUT2D eigenvalue weighted by Crippen LogP contribution is -2.08. The number of benzene rings is 2. The van der Waals surface area contributed by atoms with Crippen LogP contribution in [0.2, 0.25) is 5.02 Å². The first-order chi connectivity index (χ1) is 11.6. The predicted octanol–water partition coefficient (Wildman–Crippen LogP) is 4.30. The largest absolute Gasteiger partial charge is 0.466 e. The Bertz CT molecular complexity index is 987. The van der Waals surface area contributed by atoms with Crippen molar-refractivity contribution in [3.8, 4) is 11.3 Å². The van der Waals surface area contributed by atoms with Crippen molar-refractivity contribution in [2.24, 2.45) is 0 Å². The molecule has 1 aromatic heterocycles. The van der Waals surface area contributed by atoms with Crippen molar-refractivity contribution >= 4 is 34.6 Å². The summed E-state index contributed by atoms with van der Waals surface area (Å²) in [7, 11) is 1.27. The third-order valence-electron chi connectivity index (χ3n) is 3.51. The van der Waals surface area contributed by atoms with Crippen LogP contribution in [0.25, 0.3) is 28.4 Å². The normalized spacial score (nSPS) is 11.1. The zero-order chi connectivity index (χ0) is 17.1. The molecule has 0 fully saturated rings. The van der Waals surface area contributed by atoms with E-state index in [2.05, 4.69) is 4.74 Å². The van der Waals surface area contributed by atoms with Crippen molar-refractivity contribution in [1.29, 1.82) is 0 Å². The Balaban J connectivity index is 2.32. The van der Waals surface area contributed by atoms with Crippen LogP contribution in [-0.4, -0.2) is 13.1 Å². The fourth-order valence-electron chi connectivity index (χ4n) is 2.36. The van der Waals surface area contributed by atoms with Gasteiger partial charge in [0.05, 0.1) is 18.1 Å². The number of carbonyl (C=O) groups is 1. The summed E-state index contributed by atoms with van der Waals surface area (Å²) in [5.41, 5.74) is 1.16. The molecule has 0 amide bonds. The van der Waals surface area contributed by atoms with Crippen LogP contribution >= 0.6 is 11.6 Å². The molecule has 24 heavy (non-hydrogen) atoms. The van der Waals surface area contributed by atoms with Gasteiger partial charge in [-0.25, -0.2) is 4.79 Å². The van der Waals surface area contributed by atoms with Crippen LogP contribution in [0.1, 0.15) is 5.56 Å². The fraction of sp³-hybridized carbons (Fsp3) is 0.0526. The van der Waals surface area contributed by atoms with Gasteiger partial charge in [-0.1, -0.05) is 41.9 Å². The number of hydrogen-bond donors (Lipinski definition) is 0. The molecular weight excluding hydrogens is 328 g/mol. The molecule has 5 heteroatoms. The molecule has 2 aromatic carbocycles. The Hall–Kier alpha value is -2.85. The number of hydrogen-bond acceptors (Lipinski definition) is 4. The molecule has 0 N–H and O–H groups in total. The summed E-state index contributed by atoms with van der Waals surface area (Å²) in [6.45, 7) is 0. The van der Waals surface area contributed by atoms with Crippen molar-refractivity contribution in [1.82, 2.24) is 0 Å². The summed E-state index contributed by atoms with van der Waals surface area (Å²) in [6.07, 6.45) is 2.59. The Labute approximate surface area is 142 Å². The summed E-state index contributed by atoms with van der Waals surface area (Å²) in [4.78, 5) is 24.3. The molecule has 0 aliphatic rings. The minimum Gasteiger partial charge on any atom is -0.466 e. The minimum absolute atomic E-state index is 0.265. The Morgan fingerprint density at radius 2 is 1.92 bits per heavy atom. The van der Waals surface area contributed by atoms with Gasteiger partial charge < -0.3 is 9.15 Å². The number of halogens is 1. The number of esters is 1. The Morgan fingerprint density at radius 3 is 2.62 bits per heavy atom. The van der Waals surface area contributed by atoms with E-state index in [0.29, 0.717) is 21.8 Å². The van der Waals surface area contributed by atoms with Crippen LogP contribution in [0.3, 0.4) is 0 Å². The van der Waals surface area contributed by atoms with Gasteiger partial charge >= 0.3 is 5.97 Å². The van der Waals surface area contributed by atoms with E-state index < -0.39 is 5.97 Å². The first-order valence-corrected chi connectivity index (χ1v) is 7.56. The number of fused-ring (bicyclic) bond motifs is 1. The SMILES string of the molecule is COC(=O)/C=C/c1c(-c2ccccc2)oc2ccc(Cl)cc2c1=O. The van der Waals surface area contributed by atoms with Crippen LogP contribution in [0.5, 0.6) is 0 Å². The molecule has 0 spiro atoms. The van der Waals surface area contributed by atoms with Crippen LogP contribution in [0.15, 0.2) is 63.8 Å². The van der Waals surface area contributed by atoms with Crippen molar-refractivity contribution < 1.29 is 13.9 Å². The highest BCUT2D eigenvalue weighted by atomic mass is 35.5. The van der Waals surface area contributed by atoms with Gasteiger partial charge in [-0.3, -0.25) is 4.79 Å². The Kier molecular flexibility index (Phi) is 4.49. The van der Waals surface area contributed by atoms with E-state index in [-0.39, 0.29) is 11.0 Å². The van der Waals surface area contributed by atoms with Gasteiger partial charge in [0.25, 0.3) is 0 Å². The molecule has 0 unspecified atom stereocenters. The highest BCUT2D eigenvalue weighted by Gasteiger charge is 2.14. The predicted molar refractivity (Wildman–Crippen MR) is 94.0 cm³/mol. The molecule has 0 aliphatic heterocycles. The van der Waals surface area contributed by atoms with Crippen molar-refractivity contribution in [2.45, 2.75) is 0 Å². The van der Waals surface area contributed by atoms with Gasteiger partial charge in [0.2, 0.25) is 5.43 Å². The quantitative estimate of drug-likeness (QED) is 0.527. The summed E-state index contributed by atoms with van der Waals surface area (Å²) >= 11 is 5.98. The molecule has 4 nitrogen and oxygen atoms in total. The summed E-state index contributed by atoms with van der Waals surface area (Å²) in [5, 5.41) is 0.789. The van der Waals surface area contributed by atoms with E-state index in [9.17, 15) is 9.59 Å². The third kappa shape index (κ3) is 3.09.